The Hall–Kier alpha value is -2.52. The van der Waals surface area contributed by atoms with Gasteiger partial charge in [0.05, 0.1) is 24.4 Å². The molecule has 3 aromatic rings. The number of hydrogen-bond donors (Lipinski definition) is 1. The first-order valence-electron chi connectivity index (χ1n) is 8.97. The van der Waals surface area contributed by atoms with Crippen LogP contribution in [0.2, 0.25) is 0 Å². The van der Waals surface area contributed by atoms with Gasteiger partial charge in [0.2, 0.25) is 5.91 Å². The van der Waals surface area contributed by atoms with E-state index < -0.39 is 0 Å². The van der Waals surface area contributed by atoms with Gasteiger partial charge in [0, 0.05) is 56.5 Å². The van der Waals surface area contributed by atoms with Crippen molar-refractivity contribution in [1.29, 1.82) is 0 Å². The van der Waals surface area contributed by atoms with E-state index in [0.29, 0.717) is 25.4 Å². The van der Waals surface area contributed by atoms with Gasteiger partial charge in [-0.15, -0.1) is 11.3 Å². The molecule has 1 amide bonds. The van der Waals surface area contributed by atoms with Crippen molar-refractivity contribution in [2.24, 2.45) is 0 Å². The molecule has 1 unspecified atom stereocenters. The lowest BCUT2D eigenvalue weighted by molar-refractivity contribution is -0.129. The molecule has 27 heavy (non-hydrogen) atoms. The highest BCUT2D eigenvalue weighted by atomic mass is 32.1. The highest BCUT2D eigenvalue weighted by molar-refractivity contribution is 7.15. The Kier molecular flexibility index (Phi) is 5.30. The molecule has 0 aliphatic carbocycles. The van der Waals surface area contributed by atoms with E-state index in [1.807, 2.05) is 35.3 Å². The summed E-state index contributed by atoms with van der Waals surface area (Å²) in [6.45, 7) is 2.73. The smallest absolute Gasteiger partial charge is 0.228 e. The van der Waals surface area contributed by atoms with E-state index in [1.165, 1.54) is 0 Å². The Labute approximate surface area is 161 Å². The zero-order valence-electron chi connectivity index (χ0n) is 15.2. The van der Waals surface area contributed by atoms with Crippen LogP contribution in [0.3, 0.4) is 0 Å². The third-order valence-corrected chi connectivity index (χ3v) is 5.46. The van der Waals surface area contributed by atoms with E-state index in [-0.39, 0.29) is 5.91 Å². The molecule has 142 valence electrons. The number of ether oxygens (including phenoxy) is 1. The van der Waals surface area contributed by atoms with Crippen molar-refractivity contribution in [3.63, 3.8) is 0 Å². The number of thiazole rings is 1. The van der Waals surface area contributed by atoms with Gasteiger partial charge in [-0.1, -0.05) is 0 Å². The lowest BCUT2D eigenvalue weighted by atomic mass is 10.1. The van der Waals surface area contributed by atoms with E-state index >= 15 is 0 Å². The minimum atomic E-state index is 0.0500. The van der Waals surface area contributed by atoms with Crippen molar-refractivity contribution in [2.75, 3.05) is 38.7 Å². The van der Waals surface area contributed by atoms with Gasteiger partial charge in [-0.25, -0.2) is 15.0 Å². The Morgan fingerprint density at radius 1 is 1.48 bits per heavy atom. The summed E-state index contributed by atoms with van der Waals surface area (Å²) < 4.78 is 7.36. The second-order valence-corrected chi connectivity index (χ2v) is 7.51. The number of nitrogens with zero attached hydrogens (tertiary/aromatic N) is 5. The molecule has 3 aromatic heterocycles. The summed E-state index contributed by atoms with van der Waals surface area (Å²) in [7, 11) is 1.81. The maximum absolute atomic E-state index is 12.4. The van der Waals surface area contributed by atoms with Gasteiger partial charge in [0.25, 0.3) is 0 Å². The molecule has 4 heterocycles. The molecule has 0 spiro atoms. The van der Waals surface area contributed by atoms with E-state index in [9.17, 15) is 4.79 Å². The number of carbonyl (C=O) groups excluding carboxylic acids is 1. The van der Waals surface area contributed by atoms with Crippen LogP contribution >= 0.6 is 11.3 Å². The highest BCUT2D eigenvalue weighted by Gasteiger charge is 2.19. The maximum Gasteiger partial charge on any atom is 0.228 e. The minimum Gasteiger partial charge on any atom is -0.381 e. The number of carbonyl (C=O) groups is 1. The molecule has 0 bridgehead atoms. The first-order chi connectivity index (χ1) is 13.2. The fourth-order valence-corrected chi connectivity index (χ4v) is 3.81. The van der Waals surface area contributed by atoms with Gasteiger partial charge in [0.1, 0.15) is 12.1 Å². The van der Waals surface area contributed by atoms with Gasteiger partial charge in [-0.05, 0) is 6.42 Å². The molecular formula is C18H22N6O2S. The molecule has 1 saturated heterocycles. The van der Waals surface area contributed by atoms with Crippen LogP contribution < -0.4 is 5.32 Å². The third-order valence-electron chi connectivity index (χ3n) is 4.69. The summed E-state index contributed by atoms with van der Waals surface area (Å²) in [5, 5.41) is 5.25. The van der Waals surface area contributed by atoms with Crippen LogP contribution in [0, 0.1) is 0 Å². The Morgan fingerprint density at radius 2 is 2.41 bits per heavy atom. The number of hydrogen-bond acceptors (Lipinski definition) is 7. The Bertz CT molecular complexity index is 889. The van der Waals surface area contributed by atoms with E-state index in [0.717, 1.165) is 41.8 Å². The number of anilines is 1. The average Bonchev–Trinajstić information content (AvgIpc) is 3.39. The summed E-state index contributed by atoms with van der Waals surface area (Å²) >= 11 is 1.56. The van der Waals surface area contributed by atoms with Crippen molar-refractivity contribution in [3.05, 3.63) is 41.6 Å². The zero-order chi connectivity index (χ0) is 18.6. The number of likely N-dealkylation sites (N-methyl/N-ethyl adjacent to an activating group) is 1. The van der Waals surface area contributed by atoms with E-state index in [1.54, 1.807) is 22.6 Å². The van der Waals surface area contributed by atoms with Crippen molar-refractivity contribution in [1.82, 2.24) is 24.3 Å². The predicted octanol–water partition coefficient (Wildman–Crippen LogP) is 1.80. The largest absolute Gasteiger partial charge is 0.381 e. The fourth-order valence-electron chi connectivity index (χ4n) is 3.09. The van der Waals surface area contributed by atoms with Gasteiger partial charge in [0.15, 0.2) is 4.96 Å². The van der Waals surface area contributed by atoms with Crippen LogP contribution in [-0.4, -0.2) is 63.5 Å². The van der Waals surface area contributed by atoms with Crippen LogP contribution in [0.15, 0.2) is 30.2 Å². The minimum absolute atomic E-state index is 0.0500. The molecule has 9 heteroatoms. The molecule has 8 nitrogen and oxygen atoms in total. The fraction of sp³-hybridized carbons (Fsp3) is 0.444. The van der Waals surface area contributed by atoms with Crippen molar-refractivity contribution in [3.8, 4) is 0 Å². The number of aromatic nitrogens is 4. The molecule has 0 saturated carbocycles. The first kappa shape index (κ1) is 17.9. The summed E-state index contributed by atoms with van der Waals surface area (Å²) in [5.41, 5.74) is 1.81. The maximum atomic E-state index is 12.4. The van der Waals surface area contributed by atoms with Gasteiger partial charge < -0.3 is 15.0 Å². The third kappa shape index (κ3) is 4.25. The molecule has 0 radical (unpaired) electrons. The topological polar surface area (TPSA) is 84.6 Å². The first-order valence-corrected chi connectivity index (χ1v) is 9.85. The normalized spacial score (nSPS) is 16.7. The summed E-state index contributed by atoms with van der Waals surface area (Å²) in [6.07, 6.45) is 6.74. The summed E-state index contributed by atoms with van der Waals surface area (Å²) in [5.74, 6) is 1.18. The Morgan fingerprint density at radius 3 is 3.22 bits per heavy atom. The quantitative estimate of drug-likeness (QED) is 0.667. The molecule has 0 aromatic carbocycles. The highest BCUT2D eigenvalue weighted by Crippen LogP contribution is 2.24. The van der Waals surface area contributed by atoms with Crippen molar-refractivity contribution < 1.29 is 9.53 Å². The lowest BCUT2D eigenvalue weighted by Gasteiger charge is -2.17. The number of fused-ring (bicyclic) bond motifs is 1. The van der Waals surface area contributed by atoms with Crippen molar-refractivity contribution in [2.45, 2.75) is 18.8 Å². The number of rotatable bonds is 7. The predicted molar refractivity (Wildman–Crippen MR) is 103 cm³/mol. The lowest BCUT2D eigenvalue weighted by Crippen LogP contribution is -2.32. The Balaban J connectivity index is 1.26. The number of amides is 1. The summed E-state index contributed by atoms with van der Waals surface area (Å²) in [4.78, 5) is 28.1. The standard InChI is InChI=1S/C18H22N6O2S/c1-23(17(25)8-14-10-24-5-7-27-18(24)22-14)4-3-19-16-9-15(20-12-21-16)13-2-6-26-11-13/h5,7,9-10,12-13H,2-4,6,8,11H2,1H3,(H,19,20,21). The molecule has 1 atom stereocenters. The van der Waals surface area contributed by atoms with Crippen LogP contribution in [0.5, 0.6) is 0 Å². The van der Waals surface area contributed by atoms with Crippen LogP contribution in [0.1, 0.15) is 23.7 Å². The molecule has 4 rings (SSSR count). The second kappa shape index (κ2) is 8.01. The van der Waals surface area contributed by atoms with Gasteiger partial charge >= 0.3 is 0 Å². The van der Waals surface area contributed by atoms with E-state index in [2.05, 4.69) is 20.3 Å². The zero-order valence-corrected chi connectivity index (χ0v) is 16.0. The molecular weight excluding hydrogens is 364 g/mol. The SMILES string of the molecule is CN(CCNc1cc(C2CCOC2)ncn1)C(=O)Cc1cn2ccsc2n1. The van der Waals surface area contributed by atoms with Crippen LogP contribution in [0.25, 0.3) is 4.96 Å². The second-order valence-electron chi connectivity index (χ2n) is 6.63. The molecule has 1 aliphatic heterocycles. The van der Waals surface area contributed by atoms with Crippen LogP contribution in [-0.2, 0) is 16.0 Å². The molecule has 1 N–H and O–H groups in total. The van der Waals surface area contributed by atoms with Gasteiger partial charge in [-0.2, -0.15) is 0 Å². The number of imidazole rings is 1. The number of nitrogens with one attached hydrogen (secondary N) is 1. The monoisotopic (exact) mass is 386 g/mol. The van der Waals surface area contributed by atoms with Crippen molar-refractivity contribution >= 4 is 28.0 Å². The van der Waals surface area contributed by atoms with E-state index in [4.69, 9.17) is 4.74 Å². The van der Waals surface area contributed by atoms with Crippen LogP contribution in [0.4, 0.5) is 5.82 Å². The molecule has 1 aliphatic rings. The van der Waals surface area contributed by atoms with Gasteiger partial charge in [-0.3, -0.25) is 9.20 Å². The summed E-state index contributed by atoms with van der Waals surface area (Å²) in [6, 6.07) is 1.97. The average molecular weight is 386 g/mol. The molecule has 1 fully saturated rings.